The van der Waals surface area contributed by atoms with Crippen molar-refractivity contribution in [2.24, 2.45) is 0 Å². The molecule has 2 aromatic carbocycles. The van der Waals surface area contributed by atoms with Crippen LogP contribution < -0.4 is 10.0 Å². The minimum absolute atomic E-state index is 0.0199. The number of rotatable bonds is 7. The monoisotopic (exact) mass is 462 g/mol. The quantitative estimate of drug-likeness (QED) is 0.521. The molecular formula is C22H23ClN2O3S2. The van der Waals surface area contributed by atoms with Gasteiger partial charge in [0.15, 0.2) is 0 Å². The number of benzene rings is 2. The van der Waals surface area contributed by atoms with Crippen molar-refractivity contribution in [2.75, 3.05) is 7.05 Å². The smallest absolute Gasteiger partial charge is 0.253 e. The number of amides is 1. The lowest BCUT2D eigenvalue weighted by Crippen LogP contribution is -2.29. The maximum atomic E-state index is 13.1. The number of sulfonamides is 1. The SMILES string of the molecule is CNS(=O)(=O)c1ccc(Cl)c(C(=O)NC(c2ccc(C(C)C)cc2)c2cccs2)c1. The Balaban J connectivity index is 1.96. The van der Waals surface area contributed by atoms with Gasteiger partial charge in [-0.15, -0.1) is 11.3 Å². The molecule has 1 heterocycles. The van der Waals surface area contributed by atoms with Gasteiger partial charge in [0.25, 0.3) is 5.91 Å². The summed E-state index contributed by atoms with van der Waals surface area (Å²) in [6.07, 6.45) is 0. The standard InChI is InChI=1S/C22H23ClN2O3S2/c1-14(2)15-6-8-16(9-7-15)21(20-5-4-12-29-20)25-22(26)18-13-17(10-11-19(18)23)30(27,28)24-3/h4-14,21,24H,1-3H3,(H,25,26). The highest BCUT2D eigenvalue weighted by molar-refractivity contribution is 7.89. The molecule has 0 saturated carbocycles. The highest BCUT2D eigenvalue weighted by Crippen LogP contribution is 2.29. The van der Waals surface area contributed by atoms with Crippen LogP contribution in [0.5, 0.6) is 0 Å². The summed E-state index contributed by atoms with van der Waals surface area (Å²) >= 11 is 7.76. The van der Waals surface area contributed by atoms with Gasteiger partial charge in [-0.25, -0.2) is 13.1 Å². The second-order valence-corrected chi connectivity index (χ2v) is 10.4. The molecule has 1 amide bonds. The van der Waals surface area contributed by atoms with Crippen LogP contribution in [0.25, 0.3) is 0 Å². The number of carbonyl (C=O) groups is 1. The van der Waals surface area contributed by atoms with E-state index in [1.165, 1.54) is 42.1 Å². The Morgan fingerprint density at radius 1 is 1.03 bits per heavy atom. The minimum atomic E-state index is -3.69. The maximum Gasteiger partial charge on any atom is 0.253 e. The molecule has 0 fully saturated rings. The van der Waals surface area contributed by atoms with Crippen molar-refractivity contribution in [3.8, 4) is 0 Å². The summed E-state index contributed by atoms with van der Waals surface area (Å²) < 4.78 is 26.5. The molecule has 0 aliphatic heterocycles. The van der Waals surface area contributed by atoms with Crippen molar-refractivity contribution in [1.29, 1.82) is 0 Å². The molecule has 3 aromatic rings. The predicted molar refractivity (Wildman–Crippen MR) is 122 cm³/mol. The predicted octanol–water partition coefficient (Wildman–Crippen LogP) is 4.95. The molecule has 30 heavy (non-hydrogen) atoms. The maximum absolute atomic E-state index is 13.1. The summed E-state index contributed by atoms with van der Waals surface area (Å²) in [6, 6.07) is 15.7. The van der Waals surface area contributed by atoms with Gasteiger partial charge in [-0.2, -0.15) is 0 Å². The van der Waals surface area contributed by atoms with Crippen molar-refractivity contribution in [1.82, 2.24) is 10.0 Å². The molecule has 1 atom stereocenters. The van der Waals surface area contributed by atoms with E-state index in [1.807, 2.05) is 29.6 Å². The van der Waals surface area contributed by atoms with Gasteiger partial charge in [0.2, 0.25) is 10.0 Å². The second kappa shape index (κ2) is 9.31. The Morgan fingerprint density at radius 2 is 1.70 bits per heavy atom. The van der Waals surface area contributed by atoms with Gasteiger partial charge < -0.3 is 5.32 Å². The lowest BCUT2D eigenvalue weighted by molar-refractivity contribution is 0.0943. The number of carbonyl (C=O) groups excluding carboxylic acids is 1. The molecule has 1 unspecified atom stereocenters. The van der Waals surface area contributed by atoms with Crippen LogP contribution in [0.3, 0.4) is 0 Å². The van der Waals surface area contributed by atoms with Crippen LogP contribution in [0.2, 0.25) is 5.02 Å². The van der Waals surface area contributed by atoms with Gasteiger partial charge in [-0.3, -0.25) is 4.79 Å². The first-order chi connectivity index (χ1) is 14.2. The Bertz CT molecular complexity index is 1130. The summed E-state index contributed by atoms with van der Waals surface area (Å²) in [6.45, 7) is 4.25. The van der Waals surface area contributed by atoms with Crippen LogP contribution in [-0.4, -0.2) is 21.4 Å². The van der Waals surface area contributed by atoms with E-state index in [1.54, 1.807) is 0 Å². The summed E-state index contributed by atoms with van der Waals surface area (Å²) in [5, 5.41) is 5.14. The number of hydrogen-bond acceptors (Lipinski definition) is 4. The Kier molecular flexibility index (Phi) is 6.98. The molecule has 0 aliphatic carbocycles. The van der Waals surface area contributed by atoms with Crippen LogP contribution >= 0.6 is 22.9 Å². The van der Waals surface area contributed by atoms with E-state index in [-0.39, 0.29) is 21.5 Å². The van der Waals surface area contributed by atoms with Crippen LogP contribution in [0.1, 0.15) is 52.2 Å². The van der Waals surface area contributed by atoms with Crippen molar-refractivity contribution in [2.45, 2.75) is 30.7 Å². The zero-order valence-electron chi connectivity index (χ0n) is 16.8. The van der Waals surface area contributed by atoms with E-state index in [0.717, 1.165) is 10.4 Å². The molecule has 1 aromatic heterocycles. The zero-order valence-corrected chi connectivity index (χ0v) is 19.2. The number of halogens is 1. The minimum Gasteiger partial charge on any atom is -0.340 e. The molecule has 3 rings (SSSR count). The van der Waals surface area contributed by atoms with Gasteiger partial charge in [0.1, 0.15) is 0 Å². The first kappa shape index (κ1) is 22.5. The van der Waals surface area contributed by atoms with Gasteiger partial charge >= 0.3 is 0 Å². The Hall–Kier alpha value is -2.19. The second-order valence-electron chi connectivity index (χ2n) is 7.09. The van der Waals surface area contributed by atoms with Crippen LogP contribution in [-0.2, 0) is 10.0 Å². The van der Waals surface area contributed by atoms with Crippen molar-refractivity contribution < 1.29 is 13.2 Å². The molecule has 0 saturated heterocycles. The van der Waals surface area contributed by atoms with Crippen LogP contribution in [0.15, 0.2) is 64.9 Å². The van der Waals surface area contributed by atoms with E-state index >= 15 is 0 Å². The molecule has 0 radical (unpaired) electrons. The molecule has 0 spiro atoms. The van der Waals surface area contributed by atoms with E-state index in [0.29, 0.717) is 5.92 Å². The zero-order chi connectivity index (χ0) is 21.9. The van der Waals surface area contributed by atoms with Gasteiger partial charge in [-0.05, 0) is 53.7 Å². The van der Waals surface area contributed by atoms with Crippen LogP contribution in [0.4, 0.5) is 0 Å². The van der Waals surface area contributed by atoms with E-state index in [2.05, 4.69) is 36.0 Å². The molecule has 0 bridgehead atoms. The van der Waals surface area contributed by atoms with Gasteiger partial charge in [0, 0.05) is 4.88 Å². The van der Waals surface area contributed by atoms with E-state index in [9.17, 15) is 13.2 Å². The first-order valence-electron chi connectivity index (χ1n) is 9.40. The highest BCUT2D eigenvalue weighted by atomic mass is 35.5. The van der Waals surface area contributed by atoms with Crippen molar-refractivity contribution >= 4 is 38.9 Å². The fourth-order valence-electron chi connectivity index (χ4n) is 3.02. The molecule has 0 aliphatic rings. The average molecular weight is 463 g/mol. The number of hydrogen-bond donors (Lipinski definition) is 2. The number of nitrogens with one attached hydrogen (secondary N) is 2. The average Bonchev–Trinajstić information content (AvgIpc) is 3.26. The third kappa shape index (κ3) is 4.92. The lowest BCUT2D eigenvalue weighted by atomic mass is 9.98. The summed E-state index contributed by atoms with van der Waals surface area (Å²) in [5.74, 6) is -0.0380. The fraction of sp³-hybridized carbons (Fsp3) is 0.227. The van der Waals surface area contributed by atoms with Gasteiger partial charge in [0.05, 0.1) is 21.5 Å². The third-order valence-electron chi connectivity index (χ3n) is 4.80. The summed E-state index contributed by atoms with van der Waals surface area (Å²) in [5.41, 5.74) is 2.25. The Labute approximate surface area is 186 Å². The van der Waals surface area contributed by atoms with E-state index < -0.39 is 15.9 Å². The van der Waals surface area contributed by atoms with Crippen LogP contribution in [0, 0.1) is 0 Å². The highest BCUT2D eigenvalue weighted by Gasteiger charge is 2.22. The summed E-state index contributed by atoms with van der Waals surface area (Å²) in [7, 11) is -2.38. The lowest BCUT2D eigenvalue weighted by Gasteiger charge is -2.20. The fourth-order valence-corrected chi connectivity index (χ4v) is 4.78. The third-order valence-corrected chi connectivity index (χ3v) is 7.48. The topological polar surface area (TPSA) is 75.3 Å². The Morgan fingerprint density at radius 3 is 2.27 bits per heavy atom. The molecule has 158 valence electrons. The van der Waals surface area contributed by atoms with E-state index in [4.69, 9.17) is 11.6 Å². The molecule has 2 N–H and O–H groups in total. The molecule has 8 heteroatoms. The number of thiophene rings is 1. The molecule has 5 nitrogen and oxygen atoms in total. The normalized spacial score (nSPS) is 12.7. The largest absolute Gasteiger partial charge is 0.340 e. The van der Waals surface area contributed by atoms with Crippen molar-refractivity contribution in [3.05, 3.63) is 86.6 Å². The van der Waals surface area contributed by atoms with Gasteiger partial charge in [-0.1, -0.05) is 55.8 Å². The first-order valence-corrected chi connectivity index (χ1v) is 12.1. The summed E-state index contributed by atoms with van der Waals surface area (Å²) in [4.78, 5) is 14.0. The molecular weight excluding hydrogens is 440 g/mol. The van der Waals surface area contributed by atoms with Crippen molar-refractivity contribution in [3.63, 3.8) is 0 Å².